The van der Waals surface area contributed by atoms with Crippen molar-refractivity contribution in [3.05, 3.63) is 0 Å². The van der Waals surface area contributed by atoms with Crippen LogP contribution in [0, 0.1) is 0 Å². The molecule has 1 aliphatic heterocycles. The quantitative estimate of drug-likeness (QED) is 0.771. The van der Waals surface area contributed by atoms with E-state index in [9.17, 15) is 4.79 Å². The monoisotopic (exact) mass is 244 g/mol. The van der Waals surface area contributed by atoms with Gasteiger partial charge in [-0.15, -0.1) is 24.8 Å². The van der Waals surface area contributed by atoms with Gasteiger partial charge < -0.3 is 10.0 Å². The van der Waals surface area contributed by atoms with Crippen LogP contribution in [0.2, 0.25) is 0 Å². The van der Waals surface area contributed by atoms with Crippen molar-refractivity contribution in [2.45, 2.75) is 13.0 Å². The van der Waals surface area contributed by atoms with Gasteiger partial charge in [0.1, 0.15) is 6.04 Å². The zero-order chi connectivity index (χ0) is 9.14. The molecular formula is C8H18Cl2N2O2. The second-order valence-electron chi connectivity index (χ2n) is 3.35. The summed E-state index contributed by atoms with van der Waals surface area (Å²) in [4.78, 5) is 14.8. The highest BCUT2D eigenvalue weighted by atomic mass is 35.5. The molecule has 0 aromatic carbocycles. The summed E-state index contributed by atoms with van der Waals surface area (Å²) in [6, 6.07) is -0.335. The molecule has 1 atom stereocenters. The molecule has 0 unspecified atom stereocenters. The summed E-state index contributed by atoms with van der Waals surface area (Å²) in [5, 5.41) is 8.74. The van der Waals surface area contributed by atoms with E-state index in [1.165, 1.54) is 0 Å². The van der Waals surface area contributed by atoms with Crippen LogP contribution in [0.3, 0.4) is 0 Å². The van der Waals surface area contributed by atoms with Gasteiger partial charge in [0.25, 0.3) is 0 Å². The first-order valence-electron chi connectivity index (χ1n) is 4.26. The van der Waals surface area contributed by atoms with Crippen molar-refractivity contribution in [1.82, 2.24) is 9.80 Å². The molecule has 14 heavy (non-hydrogen) atoms. The molecule has 1 aliphatic rings. The van der Waals surface area contributed by atoms with E-state index < -0.39 is 5.97 Å². The summed E-state index contributed by atoms with van der Waals surface area (Å²) in [5.74, 6) is -0.723. The van der Waals surface area contributed by atoms with Crippen LogP contribution in [0.5, 0.6) is 0 Å². The summed E-state index contributed by atoms with van der Waals surface area (Å²) in [6.07, 6.45) is 0. The summed E-state index contributed by atoms with van der Waals surface area (Å²) in [7, 11) is 2.06. The van der Waals surface area contributed by atoms with Crippen LogP contribution in [0.25, 0.3) is 0 Å². The minimum absolute atomic E-state index is 0. The average molecular weight is 245 g/mol. The minimum Gasteiger partial charge on any atom is -0.480 e. The Labute approximate surface area is 97.1 Å². The number of nitrogens with zero attached hydrogens (tertiary/aromatic N) is 2. The minimum atomic E-state index is -0.723. The molecule has 4 nitrogen and oxygen atoms in total. The standard InChI is InChI=1S/C8H16N2O2.2ClH/c1-7(8(11)12)10-5-3-9(2)4-6-10;;/h7H,3-6H2,1-2H3,(H,11,12);2*1H/t7-;;/m1../s1. The fraction of sp³-hybridized carbons (Fsp3) is 0.875. The van der Waals surface area contributed by atoms with Gasteiger partial charge in [0, 0.05) is 26.2 Å². The molecule has 1 N–H and O–H groups in total. The molecule has 1 rings (SSSR count). The second kappa shape index (κ2) is 7.29. The van der Waals surface area contributed by atoms with Crippen LogP contribution in [0.15, 0.2) is 0 Å². The Balaban J connectivity index is 0. The van der Waals surface area contributed by atoms with Crippen molar-refractivity contribution < 1.29 is 9.90 Å². The Morgan fingerprint density at radius 1 is 1.21 bits per heavy atom. The highest BCUT2D eigenvalue weighted by Gasteiger charge is 2.23. The van der Waals surface area contributed by atoms with E-state index in [0.29, 0.717) is 0 Å². The molecule has 86 valence electrons. The van der Waals surface area contributed by atoms with Crippen LogP contribution in [-0.2, 0) is 4.79 Å². The molecule has 0 radical (unpaired) electrons. The van der Waals surface area contributed by atoms with E-state index in [1.807, 2.05) is 4.90 Å². The van der Waals surface area contributed by atoms with Crippen molar-refractivity contribution in [2.75, 3.05) is 33.2 Å². The van der Waals surface area contributed by atoms with Crippen molar-refractivity contribution in [1.29, 1.82) is 0 Å². The number of rotatable bonds is 2. The van der Waals surface area contributed by atoms with E-state index in [-0.39, 0.29) is 30.9 Å². The van der Waals surface area contributed by atoms with Crippen LogP contribution >= 0.6 is 24.8 Å². The number of halogens is 2. The molecule has 1 saturated heterocycles. The lowest BCUT2D eigenvalue weighted by molar-refractivity contribution is -0.143. The molecule has 0 amide bonds. The van der Waals surface area contributed by atoms with Gasteiger partial charge in [0.2, 0.25) is 0 Å². The molecule has 6 heteroatoms. The average Bonchev–Trinajstić information content (AvgIpc) is 2.04. The zero-order valence-corrected chi connectivity index (χ0v) is 10.1. The predicted molar refractivity (Wildman–Crippen MR) is 60.7 cm³/mol. The number of hydrogen-bond donors (Lipinski definition) is 1. The number of piperazine rings is 1. The van der Waals surface area contributed by atoms with Crippen LogP contribution < -0.4 is 0 Å². The molecule has 0 aromatic heterocycles. The topological polar surface area (TPSA) is 43.8 Å². The maximum atomic E-state index is 10.6. The Hall–Kier alpha value is -0.0300. The van der Waals surface area contributed by atoms with E-state index in [4.69, 9.17) is 5.11 Å². The van der Waals surface area contributed by atoms with Gasteiger partial charge in [-0.25, -0.2) is 0 Å². The Kier molecular flexibility index (Phi) is 8.54. The van der Waals surface area contributed by atoms with Crippen molar-refractivity contribution in [3.63, 3.8) is 0 Å². The Bertz CT molecular complexity index is 173. The van der Waals surface area contributed by atoms with Gasteiger partial charge >= 0.3 is 5.97 Å². The van der Waals surface area contributed by atoms with Crippen LogP contribution in [0.4, 0.5) is 0 Å². The molecular weight excluding hydrogens is 227 g/mol. The largest absolute Gasteiger partial charge is 0.480 e. The molecule has 1 heterocycles. The van der Waals surface area contributed by atoms with Crippen molar-refractivity contribution >= 4 is 30.8 Å². The first-order valence-corrected chi connectivity index (χ1v) is 4.26. The fourth-order valence-electron chi connectivity index (χ4n) is 1.37. The lowest BCUT2D eigenvalue weighted by Gasteiger charge is -2.34. The SMILES string of the molecule is C[C@H](C(=O)O)N1CCN(C)CC1.Cl.Cl. The van der Waals surface area contributed by atoms with Gasteiger partial charge in [-0.3, -0.25) is 9.69 Å². The molecule has 0 saturated carbocycles. The summed E-state index contributed by atoms with van der Waals surface area (Å²) in [6.45, 7) is 5.41. The number of carboxylic acids is 1. The van der Waals surface area contributed by atoms with Crippen molar-refractivity contribution in [3.8, 4) is 0 Å². The molecule has 1 fully saturated rings. The van der Waals surface area contributed by atoms with Gasteiger partial charge in [-0.1, -0.05) is 0 Å². The third-order valence-corrected chi connectivity index (χ3v) is 2.44. The van der Waals surface area contributed by atoms with Crippen LogP contribution in [-0.4, -0.2) is 60.1 Å². The Morgan fingerprint density at radius 2 is 1.64 bits per heavy atom. The smallest absolute Gasteiger partial charge is 0.320 e. The van der Waals surface area contributed by atoms with Gasteiger partial charge in [0.15, 0.2) is 0 Å². The van der Waals surface area contributed by atoms with E-state index >= 15 is 0 Å². The maximum absolute atomic E-state index is 10.6. The lowest BCUT2D eigenvalue weighted by atomic mass is 10.2. The molecule has 0 aliphatic carbocycles. The van der Waals surface area contributed by atoms with Crippen molar-refractivity contribution in [2.24, 2.45) is 0 Å². The summed E-state index contributed by atoms with van der Waals surface area (Å²) < 4.78 is 0. The number of carbonyl (C=O) groups is 1. The molecule has 0 spiro atoms. The van der Waals surface area contributed by atoms with Crippen LogP contribution in [0.1, 0.15) is 6.92 Å². The van der Waals surface area contributed by atoms with E-state index in [0.717, 1.165) is 26.2 Å². The first-order chi connectivity index (χ1) is 5.61. The maximum Gasteiger partial charge on any atom is 0.320 e. The van der Waals surface area contributed by atoms with E-state index in [2.05, 4.69) is 11.9 Å². The summed E-state index contributed by atoms with van der Waals surface area (Å²) >= 11 is 0. The molecule has 0 bridgehead atoms. The lowest BCUT2D eigenvalue weighted by Crippen LogP contribution is -2.50. The number of hydrogen-bond acceptors (Lipinski definition) is 3. The van der Waals surface area contributed by atoms with Gasteiger partial charge in [-0.05, 0) is 14.0 Å². The first kappa shape index (κ1) is 16.4. The highest BCUT2D eigenvalue weighted by molar-refractivity contribution is 5.85. The predicted octanol–water partition coefficient (Wildman–Crippen LogP) is 0.551. The molecule has 0 aromatic rings. The second-order valence-corrected chi connectivity index (χ2v) is 3.35. The third-order valence-electron chi connectivity index (χ3n) is 2.44. The zero-order valence-electron chi connectivity index (χ0n) is 8.47. The third kappa shape index (κ3) is 4.46. The van der Waals surface area contributed by atoms with Gasteiger partial charge in [0.05, 0.1) is 0 Å². The fourth-order valence-corrected chi connectivity index (χ4v) is 1.37. The summed E-state index contributed by atoms with van der Waals surface area (Å²) in [5.41, 5.74) is 0. The number of carboxylic acid groups (broad SMARTS) is 1. The highest BCUT2D eigenvalue weighted by Crippen LogP contribution is 2.04. The van der Waals surface area contributed by atoms with Gasteiger partial charge in [-0.2, -0.15) is 0 Å². The normalized spacial score (nSPS) is 20.4. The van der Waals surface area contributed by atoms with E-state index in [1.54, 1.807) is 6.92 Å². The Morgan fingerprint density at radius 3 is 2.00 bits per heavy atom. The number of likely N-dealkylation sites (N-methyl/N-ethyl adjacent to an activating group) is 1. The number of aliphatic carboxylic acids is 1.